The van der Waals surface area contributed by atoms with Gasteiger partial charge in [-0.05, 0) is 36.1 Å². The first-order valence-corrected chi connectivity index (χ1v) is 8.60. The van der Waals surface area contributed by atoms with Gasteiger partial charge in [0, 0.05) is 6.08 Å². The number of carbonyl (C=O) groups is 1. The number of hydrogen-bond acceptors (Lipinski definition) is 2. The Balaban J connectivity index is 1.76. The fraction of sp³-hybridized carbons (Fsp3) is 0.238. The van der Waals surface area contributed by atoms with Crippen LogP contribution in [0.2, 0.25) is 0 Å². The van der Waals surface area contributed by atoms with Crippen molar-refractivity contribution in [3.63, 3.8) is 0 Å². The highest BCUT2D eigenvalue weighted by Gasteiger charge is 2.18. The van der Waals surface area contributed by atoms with Crippen molar-refractivity contribution >= 4 is 23.0 Å². The Hall–Kier alpha value is -2.88. The Morgan fingerprint density at radius 3 is 2.56 bits per heavy atom. The minimum atomic E-state index is -0.139. The molecule has 0 saturated carbocycles. The lowest BCUT2D eigenvalue weighted by molar-refractivity contribution is -0.117. The summed E-state index contributed by atoms with van der Waals surface area (Å²) >= 11 is 0. The fourth-order valence-electron chi connectivity index (χ4n) is 2.80. The first-order valence-electron chi connectivity index (χ1n) is 8.60. The van der Waals surface area contributed by atoms with Gasteiger partial charge >= 0.3 is 0 Å². The number of para-hydroxylation sites is 2. The van der Waals surface area contributed by atoms with Crippen LogP contribution >= 0.6 is 0 Å². The van der Waals surface area contributed by atoms with Crippen molar-refractivity contribution in [1.82, 2.24) is 15.3 Å². The third-order valence-electron chi connectivity index (χ3n) is 3.99. The van der Waals surface area contributed by atoms with Crippen LogP contribution in [0.4, 0.5) is 0 Å². The number of imidazole rings is 1. The highest BCUT2D eigenvalue weighted by Crippen LogP contribution is 2.22. The summed E-state index contributed by atoms with van der Waals surface area (Å²) in [5.41, 5.74) is 2.91. The third-order valence-corrected chi connectivity index (χ3v) is 3.99. The van der Waals surface area contributed by atoms with Crippen LogP contribution in [0, 0.1) is 5.92 Å². The van der Waals surface area contributed by atoms with Crippen LogP contribution in [0.3, 0.4) is 0 Å². The Morgan fingerprint density at radius 1 is 1.12 bits per heavy atom. The Morgan fingerprint density at radius 2 is 1.84 bits per heavy atom. The van der Waals surface area contributed by atoms with Crippen molar-refractivity contribution in [2.75, 3.05) is 0 Å². The molecule has 0 fully saturated rings. The fourth-order valence-corrected chi connectivity index (χ4v) is 2.80. The van der Waals surface area contributed by atoms with E-state index in [9.17, 15) is 4.79 Å². The van der Waals surface area contributed by atoms with Gasteiger partial charge in [-0.25, -0.2) is 4.98 Å². The van der Waals surface area contributed by atoms with Crippen LogP contribution in [0.5, 0.6) is 0 Å². The van der Waals surface area contributed by atoms with E-state index in [2.05, 4.69) is 29.1 Å². The summed E-state index contributed by atoms with van der Waals surface area (Å²) < 4.78 is 0. The molecule has 4 nitrogen and oxygen atoms in total. The summed E-state index contributed by atoms with van der Waals surface area (Å²) in [4.78, 5) is 20.3. The van der Waals surface area contributed by atoms with Crippen molar-refractivity contribution in [2.24, 2.45) is 5.92 Å². The molecule has 1 heterocycles. The van der Waals surface area contributed by atoms with Crippen LogP contribution < -0.4 is 5.32 Å². The Bertz CT molecular complexity index is 832. The first-order chi connectivity index (χ1) is 12.1. The monoisotopic (exact) mass is 333 g/mol. The van der Waals surface area contributed by atoms with Gasteiger partial charge in [0.15, 0.2) is 0 Å². The number of rotatable bonds is 6. The number of fused-ring (bicyclic) bond motifs is 1. The van der Waals surface area contributed by atoms with E-state index in [1.165, 1.54) is 0 Å². The zero-order chi connectivity index (χ0) is 17.6. The minimum absolute atomic E-state index is 0.116. The van der Waals surface area contributed by atoms with E-state index in [0.717, 1.165) is 28.8 Å². The van der Waals surface area contributed by atoms with Crippen LogP contribution in [-0.2, 0) is 4.79 Å². The molecule has 128 valence electrons. The van der Waals surface area contributed by atoms with Crippen LogP contribution in [0.25, 0.3) is 17.1 Å². The average molecular weight is 333 g/mol. The summed E-state index contributed by atoms with van der Waals surface area (Å²) in [6.07, 6.45) is 4.22. The number of hydrogen-bond donors (Lipinski definition) is 2. The van der Waals surface area contributed by atoms with Crippen molar-refractivity contribution in [2.45, 2.75) is 26.3 Å². The molecule has 3 aromatic rings. The highest BCUT2D eigenvalue weighted by atomic mass is 16.1. The Labute approximate surface area is 148 Å². The topological polar surface area (TPSA) is 57.8 Å². The molecule has 2 N–H and O–H groups in total. The normalized spacial score (nSPS) is 12.8. The van der Waals surface area contributed by atoms with Crippen molar-refractivity contribution in [3.8, 4) is 0 Å². The second-order valence-electron chi connectivity index (χ2n) is 6.57. The van der Waals surface area contributed by atoms with Gasteiger partial charge in [-0.3, -0.25) is 4.79 Å². The van der Waals surface area contributed by atoms with E-state index in [-0.39, 0.29) is 11.9 Å². The number of aromatic nitrogens is 2. The average Bonchev–Trinajstić information content (AvgIpc) is 3.04. The number of aromatic amines is 1. The van der Waals surface area contributed by atoms with Crippen LogP contribution in [-0.4, -0.2) is 15.9 Å². The summed E-state index contributed by atoms with van der Waals surface area (Å²) in [6.45, 7) is 4.28. The van der Waals surface area contributed by atoms with E-state index < -0.39 is 0 Å². The molecule has 0 aliphatic heterocycles. The standard InChI is InChI=1S/C21H23N3O/c1-15(2)14-19(21-23-17-10-6-7-11-18(17)24-21)22-20(25)13-12-16-8-4-3-5-9-16/h3-13,15,19H,14H2,1-2H3,(H,22,25)(H,23,24)/b13-12-/t19-/m1/s1. The van der Waals surface area contributed by atoms with Crippen molar-refractivity contribution in [3.05, 3.63) is 72.1 Å². The molecule has 0 aliphatic rings. The van der Waals surface area contributed by atoms with E-state index in [4.69, 9.17) is 0 Å². The maximum Gasteiger partial charge on any atom is 0.244 e. The first kappa shape index (κ1) is 17.0. The van der Waals surface area contributed by atoms with Gasteiger partial charge in [-0.2, -0.15) is 0 Å². The molecule has 0 radical (unpaired) electrons. The molecule has 2 aromatic carbocycles. The van der Waals surface area contributed by atoms with Gasteiger partial charge < -0.3 is 10.3 Å². The van der Waals surface area contributed by atoms with E-state index >= 15 is 0 Å². The van der Waals surface area contributed by atoms with Gasteiger partial charge in [-0.15, -0.1) is 0 Å². The number of benzene rings is 2. The number of carbonyl (C=O) groups excluding carboxylic acids is 1. The van der Waals surface area contributed by atoms with Crippen molar-refractivity contribution in [1.29, 1.82) is 0 Å². The van der Waals surface area contributed by atoms with Crippen LogP contribution in [0.15, 0.2) is 60.7 Å². The van der Waals surface area contributed by atoms with Gasteiger partial charge in [0.2, 0.25) is 5.91 Å². The molecule has 3 rings (SSSR count). The number of amides is 1. The lowest BCUT2D eigenvalue weighted by Crippen LogP contribution is -2.28. The molecule has 25 heavy (non-hydrogen) atoms. The smallest absolute Gasteiger partial charge is 0.244 e. The molecule has 1 atom stereocenters. The maximum atomic E-state index is 12.4. The molecule has 1 aromatic heterocycles. The summed E-state index contributed by atoms with van der Waals surface area (Å²) in [5, 5.41) is 3.08. The molecule has 4 heteroatoms. The lowest BCUT2D eigenvalue weighted by atomic mass is 10.0. The summed E-state index contributed by atoms with van der Waals surface area (Å²) in [5.74, 6) is 1.13. The second-order valence-corrected chi connectivity index (χ2v) is 6.57. The zero-order valence-electron chi connectivity index (χ0n) is 14.6. The molecule has 0 spiro atoms. The van der Waals surface area contributed by atoms with Gasteiger partial charge in [0.25, 0.3) is 0 Å². The van der Waals surface area contributed by atoms with E-state index in [0.29, 0.717) is 5.92 Å². The largest absolute Gasteiger partial charge is 0.343 e. The molecule has 0 unspecified atom stereocenters. The minimum Gasteiger partial charge on any atom is -0.343 e. The molecule has 0 aliphatic carbocycles. The third kappa shape index (κ3) is 4.57. The summed E-state index contributed by atoms with van der Waals surface area (Å²) in [6, 6.07) is 17.6. The highest BCUT2D eigenvalue weighted by molar-refractivity contribution is 5.92. The van der Waals surface area contributed by atoms with Gasteiger partial charge in [0.1, 0.15) is 5.82 Å². The second kappa shape index (κ2) is 7.79. The Kier molecular flexibility index (Phi) is 5.29. The lowest BCUT2D eigenvalue weighted by Gasteiger charge is -2.17. The molecule has 0 saturated heterocycles. The molecule has 0 bridgehead atoms. The van der Waals surface area contributed by atoms with E-state index in [1.807, 2.05) is 60.7 Å². The van der Waals surface area contributed by atoms with Gasteiger partial charge in [0.05, 0.1) is 17.1 Å². The predicted octanol–water partition coefficient (Wildman–Crippen LogP) is 4.48. The number of H-pyrrole nitrogens is 1. The zero-order valence-corrected chi connectivity index (χ0v) is 14.6. The summed E-state index contributed by atoms with van der Waals surface area (Å²) in [7, 11) is 0. The van der Waals surface area contributed by atoms with E-state index in [1.54, 1.807) is 6.08 Å². The SMILES string of the molecule is CC(C)C[C@@H](NC(=O)/C=C\c1ccccc1)c1nc2ccccc2[nH]1. The van der Waals surface area contributed by atoms with Crippen molar-refractivity contribution < 1.29 is 4.79 Å². The number of nitrogens with zero attached hydrogens (tertiary/aromatic N) is 1. The molecular weight excluding hydrogens is 310 g/mol. The predicted molar refractivity (Wildman–Crippen MR) is 102 cm³/mol. The maximum absolute atomic E-state index is 12.4. The molecule has 1 amide bonds. The van der Waals surface area contributed by atoms with Gasteiger partial charge in [-0.1, -0.05) is 56.3 Å². The van der Waals surface area contributed by atoms with Crippen LogP contribution in [0.1, 0.15) is 37.7 Å². The quantitative estimate of drug-likeness (QED) is 0.653. The molecular formula is C21H23N3O. The number of nitrogens with one attached hydrogen (secondary N) is 2.